The maximum atomic E-state index is 13.0. The van der Waals surface area contributed by atoms with Gasteiger partial charge in [0.25, 0.3) is 11.5 Å². The summed E-state index contributed by atoms with van der Waals surface area (Å²) in [5.41, 5.74) is 1.30. The summed E-state index contributed by atoms with van der Waals surface area (Å²) in [6, 6.07) is 0. The van der Waals surface area contributed by atoms with Crippen molar-refractivity contribution in [1.29, 1.82) is 0 Å². The van der Waals surface area contributed by atoms with Crippen LogP contribution in [0.5, 0.6) is 0 Å². The van der Waals surface area contributed by atoms with Crippen LogP contribution in [-0.4, -0.2) is 64.0 Å². The third kappa shape index (κ3) is 2.98. The van der Waals surface area contributed by atoms with Gasteiger partial charge in [-0.05, 0) is 24.8 Å². The summed E-state index contributed by atoms with van der Waals surface area (Å²) >= 11 is 1.36. The van der Waals surface area contributed by atoms with E-state index in [0.29, 0.717) is 43.4 Å². The van der Waals surface area contributed by atoms with Crippen LogP contribution in [-0.2, 0) is 16.8 Å². The Bertz CT molecular complexity index is 1180. The molecule has 1 saturated heterocycles. The Balaban J connectivity index is 1.40. The molecule has 2 aliphatic heterocycles. The molecule has 0 radical (unpaired) electrons. The fourth-order valence-electron chi connectivity index (χ4n) is 4.21. The first-order chi connectivity index (χ1) is 14.5. The number of carbonyl (C=O) groups excluding carboxylic acids is 1. The smallest absolute Gasteiger partial charge is 0.271 e. The van der Waals surface area contributed by atoms with Crippen molar-refractivity contribution in [2.45, 2.75) is 24.9 Å². The lowest BCUT2D eigenvalue weighted by Crippen LogP contribution is -2.49. The largest absolute Gasteiger partial charge is 0.368 e. The molecule has 1 spiro atoms. The summed E-state index contributed by atoms with van der Waals surface area (Å²) in [7, 11) is 3.83. The van der Waals surface area contributed by atoms with Crippen molar-refractivity contribution in [3.63, 3.8) is 0 Å². The van der Waals surface area contributed by atoms with E-state index >= 15 is 0 Å². The van der Waals surface area contributed by atoms with E-state index in [2.05, 4.69) is 9.97 Å². The maximum absolute atomic E-state index is 13.0. The van der Waals surface area contributed by atoms with Gasteiger partial charge in [0.05, 0.1) is 12.3 Å². The van der Waals surface area contributed by atoms with Gasteiger partial charge in [0.2, 0.25) is 5.95 Å². The van der Waals surface area contributed by atoms with E-state index in [0.717, 1.165) is 17.7 Å². The monoisotopic (exact) mass is 426 g/mol. The zero-order valence-corrected chi connectivity index (χ0v) is 17.7. The highest BCUT2D eigenvalue weighted by Gasteiger charge is 2.43. The molecule has 0 unspecified atom stereocenters. The molecule has 3 aromatic rings. The topological polar surface area (TPSA) is 92.9 Å². The summed E-state index contributed by atoms with van der Waals surface area (Å²) in [6.07, 6.45) is 6.98. The second-order valence-electron chi connectivity index (χ2n) is 7.86. The molecule has 5 heterocycles. The summed E-state index contributed by atoms with van der Waals surface area (Å²) < 4.78 is 7.67. The Morgan fingerprint density at radius 1 is 1.23 bits per heavy atom. The van der Waals surface area contributed by atoms with Crippen molar-refractivity contribution >= 4 is 28.2 Å². The molecular formula is C20H22N6O3S. The number of hydrogen-bond donors (Lipinski definition) is 0. The number of likely N-dealkylation sites (tertiary alicyclic amines) is 1. The molecule has 0 N–H and O–H groups in total. The van der Waals surface area contributed by atoms with Crippen LogP contribution in [0.3, 0.4) is 0 Å². The number of ether oxygens (including phenoxy) is 1. The summed E-state index contributed by atoms with van der Waals surface area (Å²) in [4.78, 5) is 43.4. The Labute approximate surface area is 177 Å². The van der Waals surface area contributed by atoms with Gasteiger partial charge in [0.15, 0.2) is 4.96 Å². The number of nitrogens with zero attached hydrogens (tertiary/aromatic N) is 6. The number of thiazole rings is 1. The van der Waals surface area contributed by atoms with Crippen LogP contribution in [0.15, 0.2) is 28.8 Å². The minimum Gasteiger partial charge on any atom is -0.368 e. The number of piperidine rings is 1. The number of aromatic nitrogens is 4. The molecule has 0 bridgehead atoms. The van der Waals surface area contributed by atoms with E-state index in [-0.39, 0.29) is 17.0 Å². The van der Waals surface area contributed by atoms with Crippen molar-refractivity contribution < 1.29 is 9.53 Å². The molecule has 0 aliphatic carbocycles. The molecule has 1 fully saturated rings. The highest BCUT2D eigenvalue weighted by atomic mass is 32.1. The zero-order valence-electron chi connectivity index (χ0n) is 16.9. The van der Waals surface area contributed by atoms with Crippen LogP contribution in [0.25, 0.3) is 4.96 Å². The van der Waals surface area contributed by atoms with Gasteiger partial charge >= 0.3 is 0 Å². The lowest BCUT2D eigenvalue weighted by atomic mass is 9.83. The highest BCUT2D eigenvalue weighted by Crippen LogP contribution is 2.40. The van der Waals surface area contributed by atoms with E-state index in [4.69, 9.17) is 9.72 Å². The zero-order chi connectivity index (χ0) is 20.9. The second-order valence-corrected chi connectivity index (χ2v) is 8.73. The van der Waals surface area contributed by atoms with Crippen LogP contribution < -0.4 is 10.5 Å². The van der Waals surface area contributed by atoms with Crippen molar-refractivity contribution in [1.82, 2.24) is 24.3 Å². The molecule has 2 aliphatic rings. The van der Waals surface area contributed by atoms with E-state index in [9.17, 15) is 9.59 Å². The first-order valence-electron chi connectivity index (χ1n) is 9.90. The van der Waals surface area contributed by atoms with Gasteiger partial charge in [-0.15, -0.1) is 11.3 Å². The van der Waals surface area contributed by atoms with Gasteiger partial charge in [-0.25, -0.2) is 15.0 Å². The van der Waals surface area contributed by atoms with Crippen LogP contribution in [0, 0.1) is 0 Å². The van der Waals surface area contributed by atoms with Crippen LogP contribution in [0.4, 0.5) is 5.95 Å². The Kier molecular flexibility index (Phi) is 4.55. The van der Waals surface area contributed by atoms with E-state index in [1.165, 1.54) is 21.9 Å². The lowest BCUT2D eigenvalue weighted by molar-refractivity contribution is -0.0967. The highest BCUT2D eigenvalue weighted by molar-refractivity contribution is 7.15. The minimum atomic E-state index is -0.511. The van der Waals surface area contributed by atoms with Crippen molar-refractivity contribution in [2.24, 2.45) is 0 Å². The number of hydrogen-bond acceptors (Lipinski definition) is 8. The van der Waals surface area contributed by atoms with Crippen molar-refractivity contribution in [3.8, 4) is 0 Å². The SMILES string of the molecule is CN(C)c1ncc2c(n1)C1(CCN(C(=O)c3cnc4sccn4c3=O)CC1)OCC2. The quantitative estimate of drug-likeness (QED) is 0.610. The van der Waals surface area contributed by atoms with E-state index < -0.39 is 5.60 Å². The van der Waals surface area contributed by atoms with E-state index in [1.54, 1.807) is 16.5 Å². The van der Waals surface area contributed by atoms with E-state index in [1.807, 2.05) is 25.2 Å². The molecule has 5 rings (SSSR count). The molecular weight excluding hydrogens is 404 g/mol. The molecule has 0 atom stereocenters. The van der Waals surface area contributed by atoms with Gasteiger partial charge in [0.1, 0.15) is 11.2 Å². The average Bonchev–Trinajstić information content (AvgIpc) is 3.24. The Hall–Kier alpha value is -2.85. The predicted molar refractivity (Wildman–Crippen MR) is 112 cm³/mol. The lowest BCUT2D eigenvalue weighted by Gasteiger charge is -2.44. The molecule has 10 heteroatoms. The van der Waals surface area contributed by atoms with Crippen LogP contribution in [0.2, 0.25) is 0 Å². The number of rotatable bonds is 2. The fourth-order valence-corrected chi connectivity index (χ4v) is 4.88. The summed E-state index contributed by atoms with van der Waals surface area (Å²) in [6.45, 7) is 1.60. The average molecular weight is 427 g/mol. The Morgan fingerprint density at radius 2 is 2.03 bits per heavy atom. The van der Waals surface area contributed by atoms with Gasteiger partial charge in [-0.2, -0.15) is 0 Å². The maximum Gasteiger partial charge on any atom is 0.271 e. The molecule has 156 valence electrons. The normalized spacial score (nSPS) is 17.9. The predicted octanol–water partition coefficient (Wildman–Crippen LogP) is 1.32. The number of carbonyl (C=O) groups is 1. The Morgan fingerprint density at radius 3 is 2.80 bits per heavy atom. The number of amides is 1. The molecule has 30 heavy (non-hydrogen) atoms. The number of anilines is 1. The molecule has 1 amide bonds. The molecule has 9 nitrogen and oxygen atoms in total. The third-order valence-corrected chi connectivity index (χ3v) is 6.64. The minimum absolute atomic E-state index is 0.101. The fraction of sp³-hybridized carbons (Fsp3) is 0.450. The summed E-state index contributed by atoms with van der Waals surface area (Å²) in [5.74, 6) is 0.371. The first kappa shape index (κ1) is 19.1. The molecule has 0 aromatic carbocycles. The van der Waals surface area contributed by atoms with Gasteiger partial charge in [0, 0.05) is 51.2 Å². The second kappa shape index (κ2) is 7.13. The summed E-state index contributed by atoms with van der Waals surface area (Å²) in [5, 5.41) is 1.78. The molecule has 0 saturated carbocycles. The van der Waals surface area contributed by atoms with Crippen molar-refractivity contribution in [2.75, 3.05) is 38.7 Å². The standard InChI is InChI=1S/C20H22N6O3S/c1-24(2)18-21-11-13-3-9-29-20(15(13)23-18)4-6-25(7-5-20)16(27)14-12-22-19-26(17(14)28)8-10-30-19/h8,10-12H,3-7,9H2,1-2H3. The van der Waals surface area contributed by atoms with Crippen LogP contribution >= 0.6 is 11.3 Å². The van der Waals surface area contributed by atoms with Gasteiger partial charge in [-0.3, -0.25) is 14.0 Å². The molecule has 3 aromatic heterocycles. The van der Waals surface area contributed by atoms with Crippen LogP contribution in [0.1, 0.15) is 34.5 Å². The number of fused-ring (bicyclic) bond motifs is 3. The first-order valence-corrected chi connectivity index (χ1v) is 10.8. The van der Waals surface area contributed by atoms with Crippen molar-refractivity contribution in [3.05, 3.63) is 51.1 Å². The van der Waals surface area contributed by atoms with Gasteiger partial charge in [-0.1, -0.05) is 0 Å². The third-order valence-electron chi connectivity index (χ3n) is 5.86. The van der Waals surface area contributed by atoms with Gasteiger partial charge < -0.3 is 14.5 Å².